The summed E-state index contributed by atoms with van der Waals surface area (Å²) in [4.78, 5) is 24.1. The molecule has 1 aromatic heterocycles. The van der Waals surface area contributed by atoms with Crippen LogP contribution in [0.4, 0.5) is 15.9 Å². The van der Waals surface area contributed by atoms with Gasteiger partial charge < -0.3 is 10.6 Å². The van der Waals surface area contributed by atoms with Crippen molar-refractivity contribution in [1.29, 1.82) is 0 Å². The maximum absolute atomic E-state index is 13.6. The minimum Gasteiger partial charge on any atom is -0.325 e. The monoisotopic (exact) mass is 450 g/mol. The first-order valence-corrected chi connectivity index (χ1v) is 9.94. The molecule has 0 spiro atoms. The number of hydrogen-bond acceptors (Lipinski definition) is 5. The largest absolute Gasteiger partial charge is 0.325 e. The second-order valence-corrected chi connectivity index (χ2v) is 7.47. The Hall–Kier alpha value is -2.68. The molecule has 0 saturated heterocycles. The summed E-state index contributed by atoms with van der Waals surface area (Å²) in [5, 5.41) is 14.2. The predicted octanol–water partition coefficient (Wildman–Crippen LogP) is 4.91. The minimum absolute atomic E-state index is 0.0910. The summed E-state index contributed by atoms with van der Waals surface area (Å²) in [6.45, 7) is 0. The zero-order valence-electron chi connectivity index (χ0n) is 14.7. The molecule has 1 heterocycles. The molecule has 3 aromatic rings. The van der Waals surface area contributed by atoms with Gasteiger partial charge in [0.2, 0.25) is 5.91 Å². The fourth-order valence-corrected chi connectivity index (χ4v) is 3.12. The number of hydrogen-bond donors (Lipinski definition) is 2. The van der Waals surface area contributed by atoms with Crippen LogP contribution in [-0.4, -0.2) is 27.8 Å². The fraction of sp³-hybridized carbons (Fsp3) is 0.0526. The number of aromatic nitrogens is 2. The Morgan fingerprint density at radius 1 is 0.966 bits per heavy atom. The minimum atomic E-state index is -0.627. The van der Waals surface area contributed by atoms with E-state index in [0.717, 1.165) is 11.8 Å². The van der Waals surface area contributed by atoms with E-state index in [-0.39, 0.29) is 23.0 Å². The van der Waals surface area contributed by atoms with Gasteiger partial charge in [-0.1, -0.05) is 47.1 Å². The molecule has 148 valence electrons. The van der Waals surface area contributed by atoms with Crippen molar-refractivity contribution in [2.75, 3.05) is 16.4 Å². The number of nitrogens with zero attached hydrogens (tertiary/aromatic N) is 2. The summed E-state index contributed by atoms with van der Waals surface area (Å²) < 4.78 is 13.6. The van der Waals surface area contributed by atoms with Gasteiger partial charge in [-0.15, -0.1) is 10.2 Å². The van der Waals surface area contributed by atoms with E-state index in [4.69, 9.17) is 23.2 Å². The van der Waals surface area contributed by atoms with Crippen molar-refractivity contribution in [3.63, 3.8) is 0 Å². The van der Waals surface area contributed by atoms with Crippen LogP contribution in [0.1, 0.15) is 10.4 Å². The highest BCUT2D eigenvalue weighted by molar-refractivity contribution is 7.99. The normalized spacial score (nSPS) is 10.4. The first-order chi connectivity index (χ1) is 13.9. The van der Waals surface area contributed by atoms with Crippen LogP contribution < -0.4 is 10.6 Å². The molecule has 2 N–H and O–H groups in total. The van der Waals surface area contributed by atoms with Gasteiger partial charge in [0.1, 0.15) is 10.8 Å². The second kappa shape index (κ2) is 9.69. The van der Waals surface area contributed by atoms with Crippen LogP contribution in [0.2, 0.25) is 10.0 Å². The molecule has 0 aliphatic carbocycles. The van der Waals surface area contributed by atoms with Crippen LogP contribution in [0.25, 0.3) is 0 Å². The lowest BCUT2D eigenvalue weighted by molar-refractivity contribution is -0.113. The van der Waals surface area contributed by atoms with Gasteiger partial charge in [0.25, 0.3) is 5.91 Å². The number of carbonyl (C=O) groups is 2. The quantitative estimate of drug-likeness (QED) is 0.521. The van der Waals surface area contributed by atoms with Gasteiger partial charge in [-0.05, 0) is 42.5 Å². The number of amides is 2. The van der Waals surface area contributed by atoms with Crippen molar-refractivity contribution in [3.05, 3.63) is 76.0 Å². The molecule has 6 nitrogen and oxygen atoms in total. The van der Waals surface area contributed by atoms with Crippen LogP contribution in [0.5, 0.6) is 0 Å². The summed E-state index contributed by atoms with van der Waals surface area (Å²) in [7, 11) is 0. The van der Waals surface area contributed by atoms with Crippen LogP contribution in [0.3, 0.4) is 0 Å². The molecule has 29 heavy (non-hydrogen) atoms. The Balaban J connectivity index is 1.52. The lowest BCUT2D eigenvalue weighted by Crippen LogP contribution is -2.15. The number of halogens is 3. The van der Waals surface area contributed by atoms with Gasteiger partial charge in [0.05, 0.1) is 21.4 Å². The number of nitrogens with one attached hydrogen (secondary N) is 2. The van der Waals surface area contributed by atoms with E-state index in [1.807, 2.05) is 0 Å². The molecule has 0 aliphatic rings. The summed E-state index contributed by atoms with van der Waals surface area (Å²) >= 11 is 12.9. The van der Waals surface area contributed by atoms with E-state index in [1.165, 1.54) is 24.3 Å². The van der Waals surface area contributed by atoms with E-state index >= 15 is 0 Å². The molecule has 0 bridgehead atoms. The van der Waals surface area contributed by atoms with Crippen molar-refractivity contribution in [1.82, 2.24) is 10.2 Å². The standard InChI is InChI=1S/C19H13Cl2FN4O2S/c20-13-6-5-11(9-14(13)21)23-17(27)10-29-18-8-7-16(25-26-18)24-19(28)12-3-1-2-4-15(12)22/h1-9H,10H2,(H,23,27)(H,24,25,28). The topological polar surface area (TPSA) is 84.0 Å². The molecule has 2 aromatic carbocycles. The van der Waals surface area contributed by atoms with Crippen LogP contribution in [0, 0.1) is 5.82 Å². The number of carbonyl (C=O) groups excluding carboxylic acids is 2. The fourth-order valence-electron chi connectivity index (χ4n) is 2.20. The van der Waals surface area contributed by atoms with Crippen molar-refractivity contribution < 1.29 is 14.0 Å². The lowest BCUT2D eigenvalue weighted by atomic mass is 10.2. The third-order valence-electron chi connectivity index (χ3n) is 3.55. The van der Waals surface area contributed by atoms with E-state index in [2.05, 4.69) is 20.8 Å². The number of thioether (sulfide) groups is 1. The number of benzene rings is 2. The molecule has 10 heteroatoms. The smallest absolute Gasteiger partial charge is 0.259 e. The van der Waals surface area contributed by atoms with Gasteiger partial charge in [0, 0.05) is 5.69 Å². The Morgan fingerprint density at radius 2 is 1.76 bits per heavy atom. The van der Waals surface area contributed by atoms with E-state index < -0.39 is 11.7 Å². The van der Waals surface area contributed by atoms with Crippen molar-refractivity contribution >= 4 is 58.3 Å². The van der Waals surface area contributed by atoms with Crippen LogP contribution in [0.15, 0.2) is 59.6 Å². The molecule has 0 radical (unpaired) electrons. The second-order valence-electron chi connectivity index (χ2n) is 5.66. The Kier molecular flexibility index (Phi) is 7.03. The average molecular weight is 451 g/mol. The van der Waals surface area contributed by atoms with E-state index in [9.17, 15) is 14.0 Å². The highest BCUT2D eigenvalue weighted by Gasteiger charge is 2.12. The third kappa shape index (κ3) is 5.90. The summed E-state index contributed by atoms with van der Waals surface area (Å²) in [5.74, 6) is -1.25. The summed E-state index contributed by atoms with van der Waals surface area (Å²) in [6, 6.07) is 13.5. The number of rotatable bonds is 6. The zero-order chi connectivity index (χ0) is 20.8. The van der Waals surface area contributed by atoms with Crippen molar-refractivity contribution in [2.24, 2.45) is 0 Å². The summed E-state index contributed by atoms with van der Waals surface area (Å²) in [5.41, 5.74) is 0.439. The molecular weight excluding hydrogens is 438 g/mol. The molecule has 0 aliphatic heterocycles. The summed E-state index contributed by atoms with van der Waals surface area (Å²) in [6.07, 6.45) is 0. The van der Waals surface area contributed by atoms with Gasteiger partial charge in [-0.25, -0.2) is 4.39 Å². The Bertz CT molecular complexity index is 1050. The van der Waals surface area contributed by atoms with Gasteiger partial charge in [0.15, 0.2) is 5.82 Å². The highest BCUT2D eigenvalue weighted by Crippen LogP contribution is 2.25. The van der Waals surface area contributed by atoms with Crippen LogP contribution in [-0.2, 0) is 4.79 Å². The van der Waals surface area contributed by atoms with Crippen molar-refractivity contribution in [2.45, 2.75) is 5.03 Å². The first-order valence-electron chi connectivity index (χ1n) is 8.19. The highest BCUT2D eigenvalue weighted by atomic mass is 35.5. The third-order valence-corrected chi connectivity index (χ3v) is 5.21. The molecule has 0 fully saturated rings. The van der Waals surface area contributed by atoms with Crippen molar-refractivity contribution in [3.8, 4) is 0 Å². The predicted molar refractivity (Wildman–Crippen MR) is 112 cm³/mol. The molecule has 0 atom stereocenters. The Morgan fingerprint density at radius 3 is 2.45 bits per heavy atom. The Labute approximate surface area is 179 Å². The van der Waals surface area contributed by atoms with Gasteiger partial charge >= 0.3 is 0 Å². The maximum Gasteiger partial charge on any atom is 0.259 e. The molecule has 2 amide bonds. The van der Waals surface area contributed by atoms with Crippen LogP contribution >= 0.6 is 35.0 Å². The molecule has 0 saturated carbocycles. The van der Waals surface area contributed by atoms with E-state index in [0.29, 0.717) is 20.8 Å². The first kappa shape index (κ1) is 21.0. The maximum atomic E-state index is 13.6. The van der Waals surface area contributed by atoms with Gasteiger partial charge in [-0.2, -0.15) is 0 Å². The molecule has 3 rings (SSSR count). The number of anilines is 2. The molecule has 0 unspecified atom stereocenters. The van der Waals surface area contributed by atoms with E-state index in [1.54, 1.807) is 30.3 Å². The lowest BCUT2D eigenvalue weighted by Gasteiger charge is -2.07. The molecular formula is C19H13Cl2FN4O2S. The SMILES string of the molecule is O=C(CSc1ccc(NC(=O)c2ccccc2F)nn1)Nc1ccc(Cl)c(Cl)c1. The average Bonchev–Trinajstić information content (AvgIpc) is 2.70. The van der Waals surface area contributed by atoms with Gasteiger partial charge in [-0.3, -0.25) is 9.59 Å². The zero-order valence-corrected chi connectivity index (χ0v) is 17.0.